The summed E-state index contributed by atoms with van der Waals surface area (Å²) in [5, 5.41) is 0. The van der Waals surface area contributed by atoms with Gasteiger partial charge in [0.05, 0.1) is 29.1 Å². The minimum absolute atomic E-state index is 0.0620. The number of carbonyl (C=O) groups excluding carboxylic acids is 1. The highest BCUT2D eigenvalue weighted by molar-refractivity contribution is 5.81. The molecule has 144 valence electrons. The SMILES string of the molecule is O=CN1CCC[C@H]1c1nc2cc(/C=C/c3ccc(-c4c[nH]cn4)cc3)ccc2[nH]1. The molecule has 1 aliphatic heterocycles. The summed E-state index contributed by atoms with van der Waals surface area (Å²) in [6.07, 6.45) is 10.7. The van der Waals surface area contributed by atoms with E-state index in [1.165, 1.54) is 0 Å². The Morgan fingerprint density at radius 2 is 1.90 bits per heavy atom. The molecule has 1 aliphatic rings. The summed E-state index contributed by atoms with van der Waals surface area (Å²) in [5.41, 5.74) is 6.16. The van der Waals surface area contributed by atoms with Crippen LogP contribution in [0.25, 0.3) is 34.4 Å². The highest BCUT2D eigenvalue weighted by Crippen LogP contribution is 2.30. The van der Waals surface area contributed by atoms with Crippen molar-refractivity contribution in [2.75, 3.05) is 6.54 Å². The van der Waals surface area contributed by atoms with Crippen LogP contribution in [0.2, 0.25) is 0 Å². The number of fused-ring (bicyclic) bond motifs is 1. The largest absolute Gasteiger partial charge is 0.351 e. The molecule has 1 amide bonds. The van der Waals surface area contributed by atoms with Crippen LogP contribution in [0.5, 0.6) is 0 Å². The van der Waals surface area contributed by atoms with Crippen LogP contribution in [-0.2, 0) is 4.79 Å². The molecule has 0 saturated carbocycles. The average Bonchev–Trinajstić information content (AvgIpc) is 3.52. The maximum atomic E-state index is 11.2. The number of imidazole rings is 2. The average molecular weight is 383 g/mol. The number of aromatic nitrogens is 4. The van der Waals surface area contributed by atoms with Gasteiger partial charge in [-0.25, -0.2) is 9.97 Å². The minimum Gasteiger partial charge on any atom is -0.351 e. The van der Waals surface area contributed by atoms with Gasteiger partial charge in [0.2, 0.25) is 6.41 Å². The fraction of sp³-hybridized carbons (Fsp3) is 0.174. The summed E-state index contributed by atoms with van der Waals surface area (Å²) in [4.78, 5) is 28.4. The number of likely N-dealkylation sites (tertiary alicyclic amines) is 1. The number of amides is 1. The zero-order valence-electron chi connectivity index (χ0n) is 15.9. The van der Waals surface area contributed by atoms with Crippen molar-refractivity contribution in [3.63, 3.8) is 0 Å². The van der Waals surface area contributed by atoms with Crippen LogP contribution >= 0.6 is 0 Å². The van der Waals surface area contributed by atoms with Gasteiger partial charge in [-0.05, 0) is 36.1 Å². The molecule has 6 nitrogen and oxygen atoms in total. The van der Waals surface area contributed by atoms with Gasteiger partial charge in [0.25, 0.3) is 0 Å². The lowest BCUT2D eigenvalue weighted by atomic mass is 10.1. The number of benzene rings is 2. The number of rotatable bonds is 5. The van der Waals surface area contributed by atoms with Gasteiger partial charge in [0.15, 0.2) is 0 Å². The molecule has 0 radical (unpaired) electrons. The Hall–Kier alpha value is -3.67. The highest BCUT2D eigenvalue weighted by atomic mass is 16.1. The number of carbonyl (C=O) groups is 1. The van der Waals surface area contributed by atoms with Crippen molar-refractivity contribution in [2.24, 2.45) is 0 Å². The Labute approximate surface area is 168 Å². The third-order valence-corrected chi connectivity index (χ3v) is 5.44. The fourth-order valence-electron chi connectivity index (χ4n) is 3.89. The molecule has 0 aliphatic carbocycles. The van der Waals surface area contributed by atoms with E-state index in [2.05, 4.69) is 63.5 Å². The lowest BCUT2D eigenvalue weighted by Gasteiger charge is -2.16. The van der Waals surface area contributed by atoms with E-state index in [1.807, 2.05) is 17.2 Å². The smallest absolute Gasteiger partial charge is 0.210 e. The van der Waals surface area contributed by atoms with Crippen molar-refractivity contribution in [1.29, 1.82) is 0 Å². The van der Waals surface area contributed by atoms with Gasteiger partial charge in [0.1, 0.15) is 5.82 Å². The zero-order chi connectivity index (χ0) is 19.6. The molecular formula is C23H21N5O. The molecule has 2 N–H and O–H groups in total. The molecule has 3 heterocycles. The molecule has 6 heteroatoms. The molecule has 5 rings (SSSR count). The molecule has 2 aromatic carbocycles. The van der Waals surface area contributed by atoms with Crippen molar-refractivity contribution >= 4 is 29.6 Å². The highest BCUT2D eigenvalue weighted by Gasteiger charge is 2.27. The molecule has 1 atom stereocenters. The van der Waals surface area contributed by atoms with Crippen LogP contribution in [0.4, 0.5) is 0 Å². The van der Waals surface area contributed by atoms with Gasteiger partial charge >= 0.3 is 0 Å². The van der Waals surface area contributed by atoms with Crippen molar-refractivity contribution in [3.8, 4) is 11.3 Å². The van der Waals surface area contributed by atoms with Crippen LogP contribution in [-0.4, -0.2) is 37.8 Å². The standard InChI is InChI=1S/C23H21N5O/c29-15-28-11-1-2-22(28)23-26-19-10-7-17(12-20(19)27-23)4-3-16-5-8-18(9-6-16)21-13-24-14-25-21/h3-10,12-15,22H,1-2,11H2,(H,24,25)(H,26,27)/b4-3+/t22-/m0/s1. The lowest BCUT2D eigenvalue weighted by Crippen LogP contribution is -2.21. The van der Waals surface area contributed by atoms with Crippen molar-refractivity contribution in [1.82, 2.24) is 24.8 Å². The van der Waals surface area contributed by atoms with Gasteiger partial charge in [-0.1, -0.05) is 42.5 Å². The van der Waals surface area contributed by atoms with E-state index < -0.39 is 0 Å². The van der Waals surface area contributed by atoms with E-state index in [4.69, 9.17) is 4.98 Å². The van der Waals surface area contributed by atoms with Crippen molar-refractivity contribution in [2.45, 2.75) is 18.9 Å². The van der Waals surface area contributed by atoms with E-state index in [-0.39, 0.29) is 6.04 Å². The Morgan fingerprint density at radius 3 is 2.69 bits per heavy atom. The maximum Gasteiger partial charge on any atom is 0.210 e. The summed E-state index contributed by atoms with van der Waals surface area (Å²) in [6, 6.07) is 14.6. The van der Waals surface area contributed by atoms with Gasteiger partial charge < -0.3 is 14.9 Å². The molecular weight excluding hydrogens is 362 g/mol. The predicted octanol–water partition coefficient (Wildman–Crippen LogP) is 4.42. The second-order valence-electron chi connectivity index (χ2n) is 7.31. The zero-order valence-corrected chi connectivity index (χ0v) is 15.9. The minimum atomic E-state index is 0.0620. The molecule has 4 aromatic rings. The van der Waals surface area contributed by atoms with E-state index in [9.17, 15) is 4.79 Å². The Bertz CT molecular complexity index is 1160. The van der Waals surface area contributed by atoms with Gasteiger partial charge in [-0.3, -0.25) is 4.79 Å². The first-order chi connectivity index (χ1) is 14.3. The topological polar surface area (TPSA) is 77.7 Å². The number of nitrogens with one attached hydrogen (secondary N) is 2. The Kier molecular flexibility index (Phi) is 4.44. The van der Waals surface area contributed by atoms with E-state index in [0.29, 0.717) is 0 Å². The third kappa shape index (κ3) is 3.45. The van der Waals surface area contributed by atoms with Crippen molar-refractivity contribution in [3.05, 3.63) is 71.9 Å². The first kappa shape index (κ1) is 17.4. The first-order valence-electron chi connectivity index (χ1n) is 9.78. The number of H-pyrrole nitrogens is 2. The summed E-state index contributed by atoms with van der Waals surface area (Å²) in [5.74, 6) is 0.875. The maximum absolute atomic E-state index is 11.2. The third-order valence-electron chi connectivity index (χ3n) is 5.44. The van der Waals surface area contributed by atoms with Gasteiger partial charge in [-0.15, -0.1) is 0 Å². The van der Waals surface area contributed by atoms with Crippen LogP contribution in [0, 0.1) is 0 Å². The van der Waals surface area contributed by atoms with E-state index in [0.717, 1.165) is 65.0 Å². The summed E-state index contributed by atoms with van der Waals surface area (Å²) in [6.45, 7) is 0.804. The van der Waals surface area contributed by atoms with Gasteiger partial charge in [-0.2, -0.15) is 0 Å². The number of hydrogen-bond acceptors (Lipinski definition) is 3. The molecule has 2 aromatic heterocycles. The molecule has 0 spiro atoms. The molecule has 29 heavy (non-hydrogen) atoms. The van der Waals surface area contributed by atoms with Crippen LogP contribution in [0.1, 0.15) is 35.8 Å². The van der Waals surface area contributed by atoms with Crippen molar-refractivity contribution < 1.29 is 4.79 Å². The monoisotopic (exact) mass is 383 g/mol. The first-order valence-corrected chi connectivity index (χ1v) is 9.78. The quantitative estimate of drug-likeness (QED) is 0.396. The van der Waals surface area contributed by atoms with Crippen LogP contribution < -0.4 is 0 Å². The van der Waals surface area contributed by atoms with E-state index in [1.54, 1.807) is 6.33 Å². The molecule has 0 unspecified atom stereocenters. The van der Waals surface area contributed by atoms with Gasteiger partial charge in [0, 0.05) is 18.3 Å². The summed E-state index contributed by atoms with van der Waals surface area (Å²) in [7, 11) is 0. The number of aromatic amines is 2. The Morgan fingerprint density at radius 1 is 1.07 bits per heavy atom. The summed E-state index contributed by atoms with van der Waals surface area (Å²) >= 11 is 0. The second-order valence-corrected chi connectivity index (χ2v) is 7.31. The lowest BCUT2D eigenvalue weighted by molar-refractivity contribution is -0.119. The number of nitrogens with zero attached hydrogens (tertiary/aromatic N) is 3. The molecule has 1 fully saturated rings. The van der Waals surface area contributed by atoms with Crippen LogP contribution in [0.3, 0.4) is 0 Å². The predicted molar refractivity (Wildman–Crippen MR) is 114 cm³/mol. The van der Waals surface area contributed by atoms with E-state index >= 15 is 0 Å². The number of hydrogen-bond donors (Lipinski definition) is 2. The fourth-order valence-corrected chi connectivity index (χ4v) is 3.89. The molecule has 1 saturated heterocycles. The molecule has 0 bridgehead atoms. The van der Waals surface area contributed by atoms with Crippen LogP contribution in [0.15, 0.2) is 55.0 Å². The summed E-state index contributed by atoms with van der Waals surface area (Å²) < 4.78 is 0. The Balaban J connectivity index is 1.36. The second kappa shape index (κ2) is 7.39. The normalized spacial score (nSPS) is 16.8.